The molecule has 6 heteroatoms. The maximum absolute atomic E-state index is 12.6. The van der Waals surface area contributed by atoms with E-state index < -0.39 is 0 Å². The Morgan fingerprint density at radius 2 is 1.89 bits per heavy atom. The van der Waals surface area contributed by atoms with E-state index in [1.807, 2.05) is 53.2 Å². The van der Waals surface area contributed by atoms with Gasteiger partial charge in [-0.25, -0.2) is 9.97 Å². The van der Waals surface area contributed by atoms with Gasteiger partial charge in [0.25, 0.3) is 5.91 Å². The van der Waals surface area contributed by atoms with Gasteiger partial charge in [0.05, 0.1) is 12.5 Å². The Hall–Kier alpha value is -3.46. The van der Waals surface area contributed by atoms with Crippen molar-refractivity contribution in [2.24, 2.45) is 5.92 Å². The number of amides is 1. The van der Waals surface area contributed by atoms with Crippen molar-refractivity contribution in [2.75, 3.05) is 6.54 Å². The molecule has 1 fully saturated rings. The number of aromatic nitrogens is 3. The lowest BCUT2D eigenvalue weighted by Gasteiger charge is -2.08. The Bertz CT molecular complexity index is 998. The smallest absolute Gasteiger partial charge is 0.267 e. The highest BCUT2D eigenvalue weighted by Crippen LogP contribution is 2.32. The van der Waals surface area contributed by atoms with Crippen molar-refractivity contribution < 1.29 is 4.79 Å². The highest BCUT2D eigenvalue weighted by Gasteiger charge is 2.24. The molecule has 0 saturated heterocycles. The summed E-state index contributed by atoms with van der Waals surface area (Å²) in [4.78, 5) is 21.5. The van der Waals surface area contributed by atoms with Crippen LogP contribution in [0.5, 0.6) is 0 Å². The zero-order valence-corrected chi connectivity index (χ0v) is 15.5. The minimum atomic E-state index is -0.149. The van der Waals surface area contributed by atoms with Gasteiger partial charge in [0.2, 0.25) is 0 Å². The Labute approximate surface area is 163 Å². The van der Waals surface area contributed by atoms with Gasteiger partial charge in [-0.05, 0) is 24.8 Å². The number of carbonyl (C=O) groups is 1. The fraction of sp³-hybridized carbons (Fsp3) is 0.273. The third-order valence-corrected chi connectivity index (χ3v) is 4.82. The predicted octanol–water partition coefficient (Wildman–Crippen LogP) is 3.67. The summed E-state index contributed by atoms with van der Waals surface area (Å²) in [5, 5.41) is 11.5. The van der Waals surface area contributed by atoms with Crippen molar-refractivity contribution in [2.45, 2.75) is 25.8 Å². The van der Waals surface area contributed by atoms with Gasteiger partial charge < -0.3 is 9.88 Å². The number of hydrogen-bond acceptors (Lipinski definition) is 4. The fourth-order valence-corrected chi connectivity index (χ4v) is 3.12. The van der Waals surface area contributed by atoms with Crippen molar-refractivity contribution in [3.05, 3.63) is 60.7 Å². The van der Waals surface area contributed by atoms with Gasteiger partial charge in [0, 0.05) is 48.4 Å². The summed E-state index contributed by atoms with van der Waals surface area (Å²) >= 11 is 0. The molecule has 0 aliphatic heterocycles. The second-order valence-electron chi connectivity index (χ2n) is 7.04. The van der Waals surface area contributed by atoms with E-state index in [1.165, 1.54) is 12.8 Å². The van der Waals surface area contributed by atoms with Gasteiger partial charge in [-0.15, -0.1) is 0 Å². The van der Waals surface area contributed by atoms with E-state index in [9.17, 15) is 4.79 Å². The Morgan fingerprint density at radius 1 is 1.14 bits per heavy atom. The second kappa shape index (κ2) is 8.05. The van der Waals surface area contributed by atoms with Gasteiger partial charge in [-0.1, -0.05) is 30.3 Å². The van der Waals surface area contributed by atoms with Crippen LogP contribution in [0.1, 0.15) is 29.8 Å². The standard InChI is InChI=1S/C22H21N5O/c23-9-4-10-24-22(28)20-11-18(15-27(20)14-16-7-8-16)19-12-25-21(26-13-19)17-5-2-1-3-6-17/h1-3,5-6,11-13,15-16H,4,7-8,10,14H2,(H,24,28). The van der Waals surface area contributed by atoms with Crippen molar-refractivity contribution >= 4 is 5.91 Å². The van der Waals surface area contributed by atoms with E-state index in [4.69, 9.17) is 5.26 Å². The lowest BCUT2D eigenvalue weighted by Crippen LogP contribution is -2.26. The lowest BCUT2D eigenvalue weighted by atomic mass is 10.1. The molecule has 0 unspecified atom stereocenters. The maximum atomic E-state index is 12.6. The summed E-state index contributed by atoms with van der Waals surface area (Å²) in [5.74, 6) is 1.17. The number of carbonyl (C=O) groups excluding carboxylic acids is 1. The first-order valence-electron chi connectivity index (χ1n) is 9.48. The van der Waals surface area contributed by atoms with Crippen LogP contribution >= 0.6 is 0 Å². The largest absolute Gasteiger partial charge is 0.350 e. The van der Waals surface area contributed by atoms with Crippen LogP contribution in [0.2, 0.25) is 0 Å². The van der Waals surface area contributed by atoms with Gasteiger partial charge in [0.1, 0.15) is 5.69 Å². The SMILES string of the molecule is N#CCCNC(=O)c1cc(-c2cnc(-c3ccccc3)nc2)cn1CC1CC1. The minimum absolute atomic E-state index is 0.149. The Morgan fingerprint density at radius 3 is 2.57 bits per heavy atom. The summed E-state index contributed by atoms with van der Waals surface area (Å²) in [5.41, 5.74) is 3.39. The summed E-state index contributed by atoms with van der Waals surface area (Å²) in [6, 6.07) is 13.8. The molecular formula is C22H21N5O. The summed E-state index contributed by atoms with van der Waals surface area (Å²) in [7, 11) is 0. The van der Waals surface area contributed by atoms with Crippen LogP contribution in [0.4, 0.5) is 0 Å². The first-order valence-corrected chi connectivity index (χ1v) is 9.48. The van der Waals surface area contributed by atoms with Crippen LogP contribution < -0.4 is 5.32 Å². The molecule has 1 amide bonds. The van der Waals surface area contributed by atoms with Gasteiger partial charge in [0.15, 0.2) is 5.82 Å². The van der Waals surface area contributed by atoms with E-state index in [1.54, 1.807) is 12.4 Å². The fourth-order valence-electron chi connectivity index (χ4n) is 3.12. The number of benzene rings is 1. The average Bonchev–Trinajstić information content (AvgIpc) is 3.45. The van der Waals surface area contributed by atoms with E-state index in [0.717, 1.165) is 23.2 Å². The van der Waals surface area contributed by atoms with Crippen LogP contribution in [-0.4, -0.2) is 27.0 Å². The number of nitrogens with zero attached hydrogens (tertiary/aromatic N) is 4. The van der Waals surface area contributed by atoms with Crippen LogP contribution in [0.25, 0.3) is 22.5 Å². The van der Waals surface area contributed by atoms with Crippen LogP contribution in [0.15, 0.2) is 55.0 Å². The number of nitriles is 1. The van der Waals surface area contributed by atoms with Gasteiger partial charge in [-0.3, -0.25) is 4.79 Å². The number of nitrogens with one attached hydrogen (secondary N) is 1. The Balaban J connectivity index is 1.58. The third kappa shape index (κ3) is 4.09. The highest BCUT2D eigenvalue weighted by molar-refractivity contribution is 5.94. The zero-order valence-electron chi connectivity index (χ0n) is 15.5. The molecule has 1 aliphatic rings. The normalized spacial score (nSPS) is 13.1. The van der Waals surface area contributed by atoms with Crippen molar-refractivity contribution in [3.63, 3.8) is 0 Å². The monoisotopic (exact) mass is 371 g/mol. The van der Waals surface area contributed by atoms with Crippen molar-refractivity contribution in [3.8, 4) is 28.6 Å². The molecule has 1 aromatic carbocycles. The third-order valence-electron chi connectivity index (χ3n) is 4.82. The Kier molecular flexibility index (Phi) is 5.16. The minimum Gasteiger partial charge on any atom is -0.350 e. The lowest BCUT2D eigenvalue weighted by molar-refractivity contribution is 0.0945. The average molecular weight is 371 g/mol. The second-order valence-corrected chi connectivity index (χ2v) is 7.04. The quantitative estimate of drug-likeness (QED) is 0.642. The van der Waals surface area contributed by atoms with Crippen molar-refractivity contribution in [1.82, 2.24) is 19.9 Å². The van der Waals surface area contributed by atoms with Crippen molar-refractivity contribution in [1.29, 1.82) is 5.26 Å². The molecule has 140 valence electrons. The zero-order chi connectivity index (χ0) is 19.3. The molecule has 1 N–H and O–H groups in total. The molecule has 6 nitrogen and oxygen atoms in total. The van der Waals surface area contributed by atoms with Crippen LogP contribution in [0.3, 0.4) is 0 Å². The van der Waals surface area contributed by atoms with Gasteiger partial charge >= 0.3 is 0 Å². The molecule has 3 aromatic rings. The molecule has 4 rings (SSSR count). The first kappa shape index (κ1) is 17.9. The molecule has 1 saturated carbocycles. The summed E-state index contributed by atoms with van der Waals surface area (Å²) in [6.45, 7) is 1.19. The van der Waals surface area contributed by atoms with E-state index >= 15 is 0 Å². The van der Waals surface area contributed by atoms with Crippen LogP contribution in [-0.2, 0) is 6.54 Å². The first-order chi connectivity index (χ1) is 13.7. The van der Waals surface area contributed by atoms with E-state index in [2.05, 4.69) is 15.3 Å². The maximum Gasteiger partial charge on any atom is 0.267 e. The molecule has 0 spiro atoms. The molecule has 0 atom stereocenters. The molecule has 28 heavy (non-hydrogen) atoms. The summed E-state index contributed by atoms with van der Waals surface area (Å²) in [6.07, 6.45) is 8.30. The summed E-state index contributed by atoms with van der Waals surface area (Å²) < 4.78 is 2.01. The molecule has 2 aromatic heterocycles. The highest BCUT2D eigenvalue weighted by atomic mass is 16.1. The molecule has 2 heterocycles. The molecular weight excluding hydrogens is 350 g/mol. The molecule has 1 aliphatic carbocycles. The number of hydrogen-bond donors (Lipinski definition) is 1. The van der Waals surface area contributed by atoms with Crippen LogP contribution in [0, 0.1) is 17.2 Å². The predicted molar refractivity (Wildman–Crippen MR) is 106 cm³/mol. The van der Waals surface area contributed by atoms with Gasteiger partial charge in [-0.2, -0.15) is 5.26 Å². The topological polar surface area (TPSA) is 83.6 Å². The molecule has 0 bridgehead atoms. The number of rotatable bonds is 7. The molecule has 0 radical (unpaired) electrons. The van der Waals surface area contributed by atoms with E-state index in [0.29, 0.717) is 30.4 Å². The van der Waals surface area contributed by atoms with E-state index in [-0.39, 0.29) is 5.91 Å².